The number of rotatable bonds is 4. The third-order valence-corrected chi connectivity index (χ3v) is 4.46. The van der Waals surface area contributed by atoms with E-state index in [1.807, 2.05) is 4.90 Å². The Morgan fingerprint density at radius 1 is 1.25 bits per heavy atom. The molecule has 2 unspecified atom stereocenters. The first kappa shape index (κ1) is 10.2. The number of nitrogens with zero attached hydrogens (tertiary/aromatic N) is 1. The van der Waals surface area contributed by atoms with E-state index in [9.17, 15) is 4.79 Å². The number of hydrogen-bond donors (Lipinski definition) is 0. The quantitative estimate of drug-likeness (QED) is 0.659. The highest BCUT2D eigenvalue weighted by Gasteiger charge is 2.57. The summed E-state index contributed by atoms with van der Waals surface area (Å²) in [5.41, 5.74) is 0. The molecule has 0 aliphatic heterocycles. The van der Waals surface area contributed by atoms with Crippen LogP contribution in [0.1, 0.15) is 32.1 Å². The average Bonchev–Trinajstić information content (AvgIpc) is 3.18. The van der Waals surface area contributed by atoms with Crippen molar-refractivity contribution >= 4 is 5.91 Å². The lowest BCUT2D eigenvalue weighted by atomic mass is 10.1. The number of terminal acetylenes is 1. The van der Waals surface area contributed by atoms with E-state index in [1.165, 1.54) is 32.1 Å². The van der Waals surface area contributed by atoms with Gasteiger partial charge >= 0.3 is 0 Å². The van der Waals surface area contributed by atoms with Gasteiger partial charge in [-0.1, -0.05) is 12.3 Å². The summed E-state index contributed by atoms with van der Waals surface area (Å²) >= 11 is 0. The van der Waals surface area contributed by atoms with Crippen LogP contribution >= 0.6 is 0 Å². The molecular formula is C14H19NO. The largest absolute Gasteiger partial charge is 0.331 e. The first-order valence-electron chi connectivity index (χ1n) is 6.53. The molecule has 0 radical (unpaired) electrons. The lowest BCUT2D eigenvalue weighted by Crippen LogP contribution is -2.35. The van der Waals surface area contributed by atoms with Gasteiger partial charge in [0.2, 0.25) is 5.91 Å². The van der Waals surface area contributed by atoms with Gasteiger partial charge in [-0.15, -0.1) is 6.42 Å². The molecule has 0 spiro atoms. The van der Waals surface area contributed by atoms with Crippen LogP contribution < -0.4 is 0 Å². The van der Waals surface area contributed by atoms with Crippen molar-refractivity contribution in [2.45, 2.75) is 32.1 Å². The van der Waals surface area contributed by atoms with Crippen LogP contribution in [-0.4, -0.2) is 23.9 Å². The topological polar surface area (TPSA) is 20.3 Å². The van der Waals surface area contributed by atoms with Crippen molar-refractivity contribution in [2.75, 3.05) is 13.1 Å². The van der Waals surface area contributed by atoms with Gasteiger partial charge in [-0.3, -0.25) is 4.79 Å². The maximum Gasteiger partial charge on any atom is 0.227 e. The van der Waals surface area contributed by atoms with E-state index in [1.54, 1.807) is 0 Å². The summed E-state index contributed by atoms with van der Waals surface area (Å²) in [6.07, 6.45) is 11.8. The Balaban J connectivity index is 1.60. The molecule has 0 aromatic carbocycles. The lowest BCUT2D eigenvalue weighted by molar-refractivity contribution is -0.133. The minimum Gasteiger partial charge on any atom is -0.331 e. The maximum atomic E-state index is 12.3. The summed E-state index contributed by atoms with van der Waals surface area (Å²) in [7, 11) is 0. The van der Waals surface area contributed by atoms with E-state index in [0.29, 0.717) is 30.2 Å². The Hall–Kier alpha value is -0.970. The van der Waals surface area contributed by atoms with Gasteiger partial charge in [-0.05, 0) is 43.4 Å². The van der Waals surface area contributed by atoms with Crippen molar-refractivity contribution < 1.29 is 4.79 Å². The first-order chi connectivity index (χ1) is 7.81. The molecule has 0 N–H and O–H groups in total. The third kappa shape index (κ3) is 1.73. The molecule has 0 aromatic heterocycles. The first-order valence-corrected chi connectivity index (χ1v) is 6.53. The molecule has 3 fully saturated rings. The predicted octanol–water partition coefficient (Wildman–Crippen LogP) is 1.90. The molecule has 0 heterocycles. The van der Waals surface area contributed by atoms with Gasteiger partial charge < -0.3 is 4.90 Å². The molecule has 0 bridgehead atoms. The van der Waals surface area contributed by atoms with Crippen LogP contribution in [-0.2, 0) is 4.79 Å². The third-order valence-electron chi connectivity index (χ3n) is 4.46. The fourth-order valence-corrected chi connectivity index (χ4v) is 3.35. The second-order valence-electron chi connectivity index (χ2n) is 5.65. The lowest BCUT2D eigenvalue weighted by Gasteiger charge is -2.21. The van der Waals surface area contributed by atoms with Gasteiger partial charge in [0.15, 0.2) is 0 Å². The predicted molar refractivity (Wildman–Crippen MR) is 62.5 cm³/mol. The van der Waals surface area contributed by atoms with Crippen molar-refractivity contribution in [3.63, 3.8) is 0 Å². The highest BCUT2D eigenvalue weighted by molar-refractivity contribution is 5.82. The van der Waals surface area contributed by atoms with Crippen LogP contribution in [0.15, 0.2) is 0 Å². The van der Waals surface area contributed by atoms with E-state index in [0.717, 1.165) is 12.5 Å². The molecule has 0 saturated heterocycles. The minimum absolute atomic E-state index is 0.348. The molecule has 0 aromatic rings. The minimum atomic E-state index is 0.348. The van der Waals surface area contributed by atoms with E-state index in [2.05, 4.69) is 5.92 Å². The summed E-state index contributed by atoms with van der Waals surface area (Å²) in [4.78, 5) is 14.2. The molecule has 3 aliphatic rings. The van der Waals surface area contributed by atoms with Crippen LogP contribution in [0.3, 0.4) is 0 Å². The zero-order valence-electron chi connectivity index (χ0n) is 9.69. The molecule has 16 heavy (non-hydrogen) atoms. The number of carbonyl (C=O) groups is 1. The number of fused-ring (bicyclic) bond motifs is 1. The van der Waals surface area contributed by atoms with Crippen LogP contribution in [0, 0.1) is 36.0 Å². The van der Waals surface area contributed by atoms with Crippen molar-refractivity contribution in [2.24, 2.45) is 23.7 Å². The molecular weight excluding hydrogens is 198 g/mol. The van der Waals surface area contributed by atoms with Crippen molar-refractivity contribution in [3.05, 3.63) is 0 Å². The smallest absolute Gasteiger partial charge is 0.227 e. The van der Waals surface area contributed by atoms with Gasteiger partial charge in [0.1, 0.15) is 0 Å². The second kappa shape index (κ2) is 3.80. The molecule has 3 aliphatic carbocycles. The van der Waals surface area contributed by atoms with Gasteiger partial charge in [0.05, 0.1) is 6.54 Å². The van der Waals surface area contributed by atoms with Gasteiger partial charge in [-0.25, -0.2) is 0 Å². The van der Waals surface area contributed by atoms with Gasteiger partial charge in [-0.2, -0.15) is 0 Å². The summed E-state index contributed by atoms with van der Waals surface area (Å²) in [6.45, 7) is 1.43. The second-order valence-corrected chi connectivity index (χ2v) is 5.65. The highest BCUT2D eigenvalue weighted by atomic mass is 16.2. The van der Waals surface area contributed by atoms with Gasteiger partial charge in [0.25, 0.3) is 0 Å². The summed E-state index contributed by atoms with van der Waals surface area (Å²) in [5, 5.41) is 0. The van der Waals surface area contributed by atoms with Crippen molar-refractivity contribution in [1.82, 2.24) is 4.90 Å². The molecule has 2 heteroatoms. The monoisotopic (exact) mass is 217 g/mol. The van der Waals surface area contributed by atoms with Crippen LogP contribution in [0.4, 0.5) is 0 Å². The van der Waals surface area contributed by atoms with Crippen molar-refractivity contribution in [1.29, 1.82) is 0 Å². The summed E-state index contributed by atoms with van der Waals surface area (Å²) < 4.78 is 0. The Morgan fingerprint density at radius 3 is 2.50 bits per heavy atom. The van der Waals surface area contributed by atoms with Crippen LogP contribution in [0.2, 0.25) is 0 Å². The van der Waals surface area contributed by atoms with Crippen LogP contribution in [0.25, 0.3) is 0 Å². The Kier molecular flexibility index (Phi) is 2.42. The molecule has 86 valence electrons. The van der Waals surface area contributed by atoms with E-state index in [4.69, 9.17) is 6.42 Å². The fourth-order valence-electron chi connectivity index (χ4n) is 3.35. The van der Waals surface area contributed by atoms with E-state index >= 15 is 0 Å². The van der Waals surface area contributed by atoms with Gasteiger partial charge in [0, 0.05) is 12.5 Å². The highest BCUT2D eigenvalue weighted by Crippen LogP contribution is 2.58. The van der Waals surface area contributed by atoms with Crippen LogP contribution in [0.5, 0.6) is 0 Å². The molecule has 3 saturated carbocycles. The molecule has 3 rings (SSSR count). The normalized spacial score (nSPS) is 35.3. The number of amides is 1. The number of carbonyl (C=O) groups excluding carboxylic acids is 1. The Bertz CT molecular complexity index is 329. The van der Waals surface area contributed by atoms with E-state index < -0.39 is 0 Å². The molecule has 2 atom stereocenters. The molecule has 2 nitrogen and oxygen atoms in total. The summed E-state index contributed by atoms with van der Waals surface area (Å²) in [5.74, 6) is 5.52. The van der Waals surface area contributed by atoms with E-state index in [-0.39, 0.29) is 0 Å². The Labute approximate surface area is 97.4 Å². The maximum absolute atomic E-state index is 12.3. The SMILES string of the molecule is C#CCN(CC1CC1)C(=O)C1C2CCCC21. The average molecular weight is 217 g/mol. The molecule has 1 amide bonds. The number of hydrogen-bond acceptors (Lipinski definition) is 1. The zero-order chi connectivity index (χ0) is 11.1. The van der Waals surface area contributed by atoms with Crippen molar-refractivity contribution in [3.8, 4) is 12.3 Å². The fraction of sp³-hybridized carbons (Fsp3) is 0.786. The Morgan fingerprint density at radius 2 is 1.94 bits per heavy atom. The summed E-state index contributed by atoms with van der Waals surface area (Å²) in [6, 6.07) is 0. The standard InChI is InChI=1S/C14H19NO/c1-2-8-15(9-10-6-7-10)14(16)13-11-4-3-5-12(11)13/h1,10-13H,3-9H2. The zero-order valence-corrected chi connectivity index (χ0v) is 9.69.